The molecule has 0 aliphatic heterocycles. The molecule has 146 valence electrons. The van der Waals surface area contributed by atoms with Crippen LogP contribution in [0.1, 0.15) is 35.5 Å². The molecule has 0 bridgehead atoms. The summed E-state index contributed by atoms with van der Waals surface area (Å²) < 4.78 is 15.5. The van der Waals surface area contributed by atoms with Crippen molar-refractivity contribution in [3.8, 4) is 0 Å². The first kappa shape index (κ1) is 20.2. The number of nitrogens with zero attached hydrogens (tertiary/aromatic N) is 2. The first-order valence-electron chi connectivity index (χ1n) is 9.44. The van der Waals surface area contributed by atoms with Crippen LogP contribution in [0.4, 0.5) is 4.39 Å². The van der Waals surface area contributed by atoms with Gasteiger partial charge in [-0.3, -0.25) is 4.79 Å². The maximum Gasteiger partial charge on any atom is 0.245 e. The predicted molar refractivity (Wildman–Crippen MR) is 111 cm³/mol. The molecular weight excluding hydrogens is 375 g/mol. The van der Waals surface area contributed by atoms with Crippen LogP contribution >= 0.6 is 11.6 Å². The van der Waals surface area contributed by atoms with Gasteiger partial charge in [-0.2, -0.15) is 0 Å². The Labute approximate surface area is 170 Å². The summed E-state index contributed by atoms with van der Waals surface area (Å²) in [6.07, 6.45) is 2.79. The fraction of sp³-hybridized carbons (Fsp3) is 0.261. The quantitative estimate of drug-likeness (QED) is 0.467. The van der Waals surface area contributed by atoms with Crippen LogP contribution in [0.15, 0.2) is 72.9 Å². The number of alkyl halides is 1. The van der Waals surface area contributed by atoms with E-state index in [0.29, 0.717) is 19.6 Å². The van der Waals surface area contributed by atoms with Gasteiger partial charge in [-0.1, -0.05) is 49.4 Å². The van der Waals surface area contributed by atoms with Crippen molar-refractivity contribution in [3.05, 3.63) is 95.6 Å². The van der Waals surface area contributed by atoms with E-state index in [1.807, 2.05) is 66.2 Å². The summed E-state index contributed by atoms with van der Waals surface area (Å²) in [5.74, 6) is -0.352. The first-order chi connectivity index (χ1) is 13.6. The highest BCUT2D eigenvalue weighted by Gasteiger charge is 2.24. The lowest BCUT2D eigenvalue weighted by Crippen LogP contribution is -2.34. The minimum absolute atomic E-state index is 0.103. The van der Waals surface area contributed by atoms with E-state index in [-0.39, 0.29) is 11.7 Å². The zero-order valence-corrected chi connectivity index (χ0v) is 16.6. The van der Waals surface area contributed by atoms with Crippen molar-refractivity contribution in [2.75, 3.05) is 6.54 Å². The number of halogens is 2. The van der Waals surface area contributed by atoms with E-state index in [9.17, 15) is 9.18 Å². The predicted octanol–water partition coefficient (Wildman–Crippen LogP) is 5.39. The normalized spacial score (nSPS) is 12.0. The maximum atomic E-state index is 13.5. The highest BCUT2D eigenvalue weighted by Crippen LogP contribution is 2.24. The molecule has 0 aliphatic rings. The van der Waals surface area contributed by atoms with Gasteiger partial charge in [-0.05, 0) is 41.8 Å². The van der Waals surface area contributed by atoms with E-state index >= 15 is 0 Å². The molecule has 0 aliphatic carbocycles. The third-order valence-electron chi connectivity index (χ3n) is 4.63. The van der Waals surface area contributed by atoms with Crippen LogP contribution in [-0.4, -0.2) is 21.9 Å². The van der Waals surface area contributed by atoms with E-state index in [0.717, 1.165) is 23.2 Å². The molecule has 1 heterocycles. The molecule has 3 aromatic rings. The SMILES string of the molecule is CCCN(Cc1cccn1Cc1cccc(F)c1)C(=O)[C@@H](Cl)c1ccccc1. The maximum absolute atomic E-state index is 13.5. The topological polar surface area (TPSA) is 25.2 Å². The summed E-state index contributed by atoms with van der Waals surface area (Å²) in [7, 11) is 0. The monoisotopic (exact) mass is 398 g/mol. The highest BCUT2D eigenvalue weighted by atomic mass is 35.5. The smallest absolute Gasteiger partial charge is 0.245 e. The van der Waals surface area contributed by atoms with Crippen LogP contribution in [0.5, 0.6) is 0 Å². The lowest BCUT2D eigenvalue weighted by atomic mass is 10.1. The van der Waals surface area contributed by atoms with Crippen molar-refractivity contribution in [2.45, 2.75) is 31.8 Å². The first-order valence-corrected chi connectivity index (χ1v) is 9.88. The molecule has 28 heavy (non-hydrogen) atoms. The molecule has 0 fully saturated rings. The Hall–Kier alpha value is -2.59. The third-order valence-corrected chi connectivity index (χ3v) is 5.07. The van der Waals surface area contributed by atoms with Gasteiger partial charge in [-0.25, -0.2) is 4.39 Å². The molecule has 0 unspecified atom stereocenters. The largest absolute Gasteiger partial charge is 0.345 e. The molecule has 5 heteroatoms. The van der Waals surface area contributed by atoms with Crippen LogP contribution in [0.2, 0.25) is 0 Å². The molecule has 1 amide bonds. The van der Waals surface area contributed by atoms with Gasteiger partial charge in [-0.15, -0.1) is 11.6 Å². The molecule has 0 saturated carbocycles. The fourth-order valence-electron chi connectivity index (χ4n) is 3.24. The molecule has 0 saturated heterocycles. The Balaban J connectivity index is 1.76. The second kappa shape index (κ2) is 9.56. The van der Waals surface area contributed by atoms with Crippen LogP contribution in [0.3, 0.4) is 0 Å². The fourth-order valence-corrected chi connectivity index (χ4v) is 3.52. The minimum Gasteiger partial charge on any atom is -0.345 e. The molecule has 2 aromatic carbocycles. The number of carbonyl (C=O) groups is 1. The van der Waals surface area contributed by atoms with E-state index in [1.165, 1.54) is 12.1 Å². The molecule has 3 nitrogen and oxygen atoms in total. The minimum atomic E-state index is -0.709. The molecule has 3 rings (SSSR count). The molecule has 0 N–H and O–H groups in total. The average Bonchev–Trinajstić information content (AvgIpc) is 3.14. The van der Waals surface area contributed by atoms with Gasteiger partial charge in [0, 0.05) is 25.0 Å². The summed E-state index contributed by atoms with van der Waals surface area (Å²) >= 11 is 6.47. The number of amides is 1. The van der Waals surface area contributed by atoms with Gasteiger partial charge in [0.25, 0.3) is 0 Å². The van der Waals surface area contributed by atoms with E-state index in [1.54, 1.807) is 11.0 Å². The van der Waals surface area contributed by atoms with E-state index < -0.39 is 5.38 Å². The van der Waals surface area contributed by atoms with Gasteiger partial charge in [0.15, 0.2) is 0 Å². The van der Waals surface area contributed by atoms with Crippen molar-refractivity contribution in [3.63, 3.8) is 0 Å². The highest BCUT2D eigenvalue weighted by molar-refractivity contribution is 6.30. The molecule has 0 radical (unpaired) electrons. The second-order valence-corrected chi connectivity index (χ2v) is 7.23. The number of hydrogen-bond donors (Lipinski definition) is 0. The van der Waals surface area contributed by atoms with Crippen molar-refractivity contribution in [1.82, 2.24) is 9.47 Å². The van der Waals surface area contributed by atoms with E-state index in [4.69, 9.17) is 11.6 Å². The van der Waals surface area contributed by atoms with E-state index in [2.05, 4.69) is 0 Å². The Kier molecular flexibility index (Phi) is 6.88. The number of rotatable bonds is 8. The van der Waals surface area contributed by atoms with Crippen molar-refractivity contribution >= 4 is 17.5 Å². The molecule has 1 aromatic heterocycles. The Morgan fingerprint density at radius 3 is 2.61 bits per heavy atom. The average molecular weight is 399 g/mol. The lowest BCUT2D eigenvalue weighted by molar-refractivity contribution is -0.131. The van der Waals surface area contributed by atoms with Crippen molar-refractivity contribution < 1.29 is 9.18 Å². The zero-order valence-electron chi connectivity index (χ0n) is 15.9. The number of hydrogen-bond acceptors (Lipinski definition) is 1. The zero-order chi connectivity index (χ0) is 19.9. The van der Waals surface area contributed by atoms with Gasteiger partial charge in [0.05, 0.1) is 6.54 Å². The third kappa shape index (κ3) is 5.02. The molecular formula is C23H24ClFN2O. The number of aromatic nitrogens is 1. The number of benzene rings is 2. The number of carbonyl (C=O) groups excluding carboxylic acids is 1. The lowest BCUT2D eigenvalue weighted by Gasteiger charge is -2.25. The second-order valence-electron chi connectivity index (χ2n) is 6.79. The van der Waals surface area contributed by atoms with Gasteiger partial charge in [0.2, 0.25) is 5.91 Å². The van der Waals surface area contributed by atoms with Gasteiger partial charge in [0.1, 0.15) is 11.2 Å². The molecule has 0 spiro atoms. The van der Waals surface area contributed by atoms with Crippen molar-refractivity contribution in [2.24, 2.45) is 0 Å². The molecule has 1 atom stereocenters. The summed E-state index contributed by atoms with van der Waals surface area (Å²) in [5.41, 5.74) is 2.67. The van der Waals surface area contributed by atoms with Crippen LogP contribution in [-0.2, 0) is 17.9 Å². The summed E-state index contributed by atoms with van der Waals surface area (Å²) in [6, 6.07) is 19.9. The van der Waals surface area contributed by atoms with Gasteiger partial charge >= 0.3 is 0 Å². The van der Waals surface area contributed by atoms with Gasteiger partial charge < -0.3 is 9.47 Å². The Bertz CT molecular complexity index is 910. The van der Waals surface area contributed by atoms with Crippen LogP contribution in [0.25, 0.3) is 0 Å². The Morgan fingerprint density at radius 1 is 1.11 bits per heavy atom. The summed E-state index contributed by atoms with van der Waals surface area (Å²) in [6.45, 7) is 3.68. The van der Waals surface area contributed by atoms with Crippen molar-refractivity contribution in [1.29, 1.82) is 0 Å². The summed E-state index contributed by atoms with van der Waals surface area (Å²) in [4.78, 5) is 14.8. The summed E-state index contributed by atoms with van der Waals surface area (Å²) in [5, 5.41) is -0.709. The van der Waals surface area contributed by atoms with Crippen LogP contribution in [0, 0.1) is 5.82 Å². The van der Waals surface area contributed by atoms with Crippen LogP contribution < -0.4 is 0 Å². The standard InChI is InChI=1S/C23H24ClFN2O/c1-2-13-27(23(28)22(24)19-9-4-3-5-10-19)17-21-12-7-14-26(21)16-18-8-6-11-20(25)15-18/h3-12,14-15,22H,2,13,16-17H2,1H3/t22-/m0/s1. The Morgan fingerprint density at radius 2 is 1.89 bits per heavy atom.